The fraction of sp³-hybridized carbons (Fsp3) is 0.556. The predicted molar refractivity (Wildman–Crippen MR) is 90.0 cm³/mol. The SMILES string of the molecule is COc1ccccc1C1=NOC(C)(C(=O)NCC2(CO)CCC2)C1. The van der Waals surface area contributed by atoms with Crippen molar-refractivity contribution in [3.63, 3.8) is 0 Å². The van der Waals surface area contributed by atoms with Crippen molar-refractivity contribution in [3.8, 4) is 5.75 Å². The van der Waals surface area contributed by atoms with Crippen LogP contribution in [-0.2, 0) is 9.63 Å². The molecule has 1 atom stereocenters. The van der Waals surface area contributed by atoms with Crippen molar-refractivity contribution in [1.29, 1.82) is 0 Å². The summed E-state index contributed by atoms with van der Waals surface area (Å²) in [5, 5.41) is 16.6. The van der Waals surface area contributed by atoms with Gasteiger partial charge in [-0.15, -0.1) is 0 Å². The van der Waals surface area contributed by atoms with E-state index in [2.05, 4.69) is 10.5 Å². The molecule has 6 heteroatoms. The lowest BCUT2D eigenvalue weighted by Crippen LogP contribution is -2.51. The molecule has 2 aliphatic rings. The Bertz CT molecular complexity index is 649. The van der Waals surface area contributed by atoms with Crippen molar-refractivity contribution in [3.05, 3.63) is 29.8 Å². The first kappa shape index (κ1) is 16.8. The third-order valence-electron chi connectivity index (χ3n) is 5.13. The van der Waals surface area contributed by atoms with Crippen molar-refractivity contribution in [2.45, 2.75) is 38.2 Å². The molecule has 1 saturated carbocycles. The number of benzene rings is 1. The van der Waals surface area contributed by atoms with Gasteiger partial charge in [0.2, 0.25) is 5.60 Å². The first-order valence-corrected chi connectivity index (χ1v) is 8.30. The zero-order chi connectivity index (χ0) is 17.2. The van der Waals surface area contributed by atoms with Crippen LogP contribution in [0.3, 0.4) is 0 Å². The van der Waals surface area contributed by atoms with E-state index in [1.807, 2.05) is 24.3 Å². The highest BCUT2D eigenvalue weighted by atomic mass is 16.7. The Morgan fingerprint density at radius 3 is 2.79 bits per heavy atom. The van der Waals surface area contributed by atoms with Gasteiger partial charge in [0.05, 0.1) is 19.4 Å². The Kier molecular flexibility index (Phi) is 4.49. The highest BCUT2D eigenvalue weighted by Crippen LogP contribution is 2.40. The van der Waals surface area contributed by atoms with Gasteiger partial charge in [-0.1, -0.05) is 23.7 Å². The van der Waals surface area contributed by atoms with Gasteiger partial charge in [-0.25, -0.2) is 0 Å². The van der Waals surface area contributed by atoms with Gasteiger partial charge in [-0.3, -0.25) is 4.79 Å². The number of carbonyl (C=O) groups excluding carboxylic acids is 1. The van der Waals surface area contributed by atoms with E-state index in [4.69, 9.17) is 9.57 Å². The van der Waals surface area contributed by atoms with E-state index in [9.17, 15) is 9.90 Å². The minimum atomic E-state index is -1.03. The number of amides is 1. The third kappa shape index (κ3) is 2.98. The fourth-order valence-corrected chi connectivity index (χ4v) is 3.21. The zero-order valence-electron chi connectivity index (χ0n) is 14.2. The maximum atomic E-state index is 12.6. The molecule has 1 aliphatic heterocycles. The molecule has 2 N–H and O–H groups in total. The minimum Gasteiger partial charge on any atom is -0.496 e. The molecule has 24 heavy (non-hydrogen) atoms. The molecule has 0 saturated heterocycles. The normalized spacial score (nSPS) is 24.5. The van der Waals surface area contributed by atoms with Crippen LogP contribution in [0.1, 0.15) is 38.2 Å². The van der Waals surface area contributed by atoms with E-state index in [-0.39, 0.29) is 17.9 Å². The molecule has 1 aliphatic carbocycles. The van der Waals surface area contributed by atoms with E-state index in [1.165, 1.54) is 0 Å². The van der Waals surface area contributed by atoms with Gasteiger partial charge in [0.15, 0.2) is 0 Å². The van der Waals surface area contributed by atoms with Crippen molar-refractivity contribution >= 4 is 11.6 Å². The van der Waals surface area contributed by atoms with Gasteiger partial charge in [-0.05, 0) is 31.9 Å². The summed E-state index contributed by atoms with van der Waals surface area (Å²) in [5.41, 5.74) is 0.348. The molecule has 0 bridgehead atoms. The zero-order valence-corrected chi connectivity index (χ0v) is 14.2. The Labute approximate surface area is 141 Å². The molecule has 0 spiro atoms. The summed E-state index contributed by atoms with van der Waals surface area (Å²) >= 11 is 0. The van der Waals surface area contributed by atoms with Crippen molar-refractivity contribution in [2.24, 2.45) is 10.6 Å². The number of nitrogens with zero attached hydrogens (tertiary/aromatic N) is 1. The largest absolute Gasteiger partial charge is 0.496 e. The highest BCUT2D eigenvalue weighted by molar-refractivity contribution is 6.07. The van der Waals surface area contributed by atoms with Gasteiger partial charge in [0.1, 0.15) is 5.75 Å². The number of hydrogen-bond donors (Lipinski definition) is 2. The summed E-state index contributed by atoms with van der Waals surface area (Å²) in [6, 6.07) is 7.55. The quantitative estimate of drug-likeness (QED) is 0.833. The van der Waals surface area contributed by atoms with Gasteiger partial charge in [0.25, 0.3) is 5.91 Å². The molecule has 1 aromatic carbocycles. The maximum absolute atomic E-state index is 12.6. The monoisotopic (exact) mass is 332 g/mol. The Morgan fingerprint density at radius 2 is 2.17 bits per heavy atom. The number of nitrogens with one attached hydrogen (secondary N) is 1. The van der Waals surface area contributed by atoms with Crippen LogP contribution in [0.25, 0.3) is 0 Å². The average Bonchev–Trinajstić information content (AvgIpc) is 2.97. The molecule has 3 rings (SSSR count). The van der Waals surface area contributed by atoms with Crippen LogP contribution in [0.5, 0.6) is 5.75 Å². The molecule has 1 fully saturated rings. The third-order valence-corrected chi connectivity index (χ3v) is 5.13. The number of methoxy groups -OCH3 is 1. The Morgan fingerprint density at radius 1 is 1.42 bits per heavy atom. The minimum absolute atomic E-state index is 0.105. The molecule has 0 aromatic heterocycles. The topological polar surface area (TPSA) is 80.2 Å². The smallest absolute Gasteiger partial charge is 0.267 e. The summed E-state index contributed by atoms with van der Waals surface area (Å²) < 4.78 is 5.35. The fourth-order valence-electron chi connectivity index (χ4n) is 3.21. The van der Waals surface area contributed by atoms with Gasteiger partial charge < -0.3 is 20.0 Å². The predicted octanol–water partition coefficient (Wildman–Crippen LogP) is 1.86. The lowest BCUT2D eigenvalue weighted by molar-refractivity contribution is -0.142. The Balaban J connectivity index is 1.64. The first-order valence-electron chi connectivity index (χ1n) is 8.30. The number of oxime groups is 1. The molecule has 0 radical (unpaired) electrons. The Hall–Kier alpha value is -2.08. The van der Waals surface area contributed by atoms with Crippen LogP contribution in [0, 0.1) is 5.41 Å². The highest BCUT2D eigenvalue weighted by Gasteiger charge is 2.44. The average molecular weight is 332 g/mol. The summed E-state index contributed by atoms with van der Waals surface area (Å²) in [6.07, 6.45) is 3.38. The van der Waals surface area contributed by atoms with Crippen molar-refractivity contribution in [1.82, 2.24) is 5.32 Å². The van der Waals surface area contributed by atoms with E-state index in [0.717, 1.165) is 24.8 Å². The second kappa shape index (κ2) is 6.43. The molecule has 1 heterocycles. The molecular weight excluding hydrogens is 308 g/mol. The van der Waals surface area contributed by atoms with E-state index < -0.39 is 5.60 Å². The van der Waals surface area contributed by atoms with Crippen LogP contribution in [0.15, 0.2) is 29.4 Å². The molecular formula is C18H24N2O4. The molecule has 1 aromatic rings. The number of rotatable bonds is 6. The molecule has 1 unspecified atom stereocenters. The van der Waals surface area contributed by atoms with Crippen molar-refractivity contribution < 1.29 is 19.5 Å². The molecule has 130 valence electrons. The summed E-state index contributed by atoms with van der Waals surface area (Å²) in [7, 11) is 1.61. The summed E-state index contributed by atoms with van der Waals surface area (Å²) in [5.74, 6) is 0.508. The lowest BCUT2D eigenvalue weighted by atomic mass is 9.69. The number of ether oxygens (including phenoxy) is 1. The van der Waals surface area contributed by atoms with Crippen LogP contribution in [0.2, 0.25) is 0 Å². The number of aliphatic hydroxyl groups is 1. The lowest BCUT2D eigenvalue weighted by Gasteiger charge is -2.40. The standard InChI is InChI=1S/C18H24N2O4/c1-17(16(22)19-11-18(12-21)8-5-9-18)10-14(20-24-17)13-6-3-4-7-15(13)23-2/h3-4,6-7,21H,5,8-12H2,1-2H3,(H,19,22). The molecule has 1 amide bonds. The number of carbonyl (C=O) groups is 1. The van der Waals surface area contributed by atoms with E-state index in [1.54, 1.807) is 14.0 Å². The first-order chi connectivity index (χ1) is 11.5. The summed E-state index contributed by atoms with van der Waals surface area (Å²) in [4.78, 5) is 18.1. The van der Waals surface area contributed by atoms with Crippen LogP contribution in [0.4, 0.5) is 0 Å². The summed E-state index contributed by atoms with van der Waals surface area (Å²) in [6.45, 7) is 2.32. The maximum Gasteiger partial charge on any atom is 0.267 e. The van der Waals surface area contributed by atoms with Crippen LogP contribution in [-0.4, -0.2) is 42.6 Å². The second-order valence-electron chi connectivity index (χ2n) is 6.93. The number of hydrogen-bond acceptors (Lipinski definition) is 5. The van der Waals surface area contributed by atoms with Gasteiger partial charge in [0, 0.05) is 23.9 Å². The van der Waals surface area contributed by atoms with Gasteiger partial charge >= 0.3 is 0 Å². The van der Waals surface area contributed by atoms with Crippen molar-refractivity contribution in [2.75, 3.05) is 20.3 Å². The number of aliphatic hydroxyl groups excluding tert-OH is 1. The second-order valence-corrected chi connectivity index (χ2v) is 6.93. The van der Waals surface area contributed by atoms with Crippen LogP contribution < -0.4 is 10.1 Å². The van der Waals surface area contributed by atoms with E-state index >= 15 is 0 Å². The number of para-hydroxylation sites is 1. The van der Waals surface area contributed by atoms with Crippen LogP contribution >= 0.6 is 0 Å². The van der Waals surface area contributed by atoms with Gasteiger partial charge in [-0.2, -0.15) is 0 Å². The van der Waals surface area contributed by atoms with E-state index in [0.29, 0.717) is 24.4 Å². The molecule has 6 nitrogen and oxygen atoms in total.